The number of hydrogen-bond acceptors (Lipinski definition) is 2. The van der Waals surface area contributed by atoms with E-state index in [1.807, 2.05) is 24.3 Å². The van der Waals surface area contributed by atoms with Crippen molar-refractivity contribution in [3.63, 3.8) is 0 Å². The minimum Gasteiger partial charge on any atom is -0.352 e. The first-order valence-electron chi connectivity index (χ1n) is 6.81. The Kier molecular flexibility index (Phi) is 7.11. The number of amides is 1. The van der Waals surface area contributed by atoms with Crippen LogP contribution in [0.2, 0.25) is 0 Å². The summed E-state index contributed by atoms with van der Waals surface area (Å²) in [6.45, 7) is 3.27. The van der Waals surface area contributed by atoms with E-state index in [1.165, 1.54) is 12.8 Å². The van der Waals surface area contributed by atoms with Crippen LogP contribution in [-0.4, -0.2) is 5.91 Å². The molecule has 0 fully saturated rings. The Labute approximate surface area is 110 Å². The molecule has 3 heteroatoms. The molecule has 0 bridgehead atoms. The maximum Gasteiger partial charge on any atom is 0.220 e. The van der Waals surface area contributed by atoms with Gasteiger partial charge in [-0.3, -0.25) is 4.79 Å². The van der Waals surface area contributed by atoms with Crippen molar-refractivity contribution in [3.8, 4) is 0 Å². The molecule has 0 unspecified atom stereocenters. The molecule has 0 spiro atoms. The molecular weight excluding hydrogens is 224 g/mol. The van der Waals surface area contributed by atoms with Crippen molar-refractivity contribution >= 4 is 5.91 Å². The maximum atomic E-state index is 11.6. The first-order valence-corrected chi connectivity index (χ1v) is 6.81. The highest BCUT2D eigenvalue weighted by Crippen LogP contribution is 2.08. The average molecular weight is 248 g/mol. The number of hydrogen-bond donors (Lipinski definition) is 2. The second-order valence-electron chi connectivity index (χ2n) is 4.56. The smallest absolute Gasteiger partial charge is 0.220 e. The van der Waals surface area contributed by atoms with Gasteiger partial charge in [-0.25, -0.2) is 0 Å². The van der Waals surface area contributed by atoms with Crippen LogP contribution in [0.1, 0.15) is 50.2 Å². The van der Waals surface area contributed by atoms with Crippen LogP contribution < -0.4 is 11.1 Å². The molecule has 0 saturated carbocycles. The standard InChI is InChI=1S/C15H24N2O/c1-2-3-4-5-10-15(18)17-12-14-9-7-6-8-13(14)11-16/h6-9H,2-5,10-12,16H2,1H3,(H,17,18). The summed E-state index contributed by atoms with van der Waals surface area (Å²) in [5.41, 5.74) is 7.87. The van der Waals surface area contributed by atoms with Gasteiger partial charge in [0.05, 0.1) is 0 Å². The van der Waals surface area contributed by atoms with Gasteiger partial charge < -0.3 is 11.1 Å². The van der Waals surface area contributed by atoms with Crippen LogP contribution in [0.15, 0.2) is 24.3 Å². The summed E-state index contributed by atoms with van der Waals surface area (Å²) in [7, 11) is 0. The number of nitrogens with two attached hydrogens (primary N) is 1. The van der Waals surface area contributed by atoms with Crippen LogP contribution in [-0.2, 0) is 17.9 Å². The van der Waals surface area contributed by atoms with Crippen molar-refractivity contribution in [1.29, 1.82) is 0 Å². The maximum absolute atomic E-state index is 11.6. The molecule has 0 aliphatic rings. The van der Waals surface area contributed by atoms with Crippen molar-refractivity contribution in [1.82, 2.24) is 5.32 Å². The van der Waals surface area contributed by atoms with Gasteiger partial charge in [0.25, 0.3) is 0 Å². The first kappa shape index (κ1) is 14.7. The molecule has 100 valence electrons. The van der Waals surface area contributed by atoms with Gasteiger partial charge in [-0.1, -0.05) is 50.5 Å². The molecule has 18 heavy (non-hydrogen) atoms. The second kappa shape index (κ2) is 8.70. The fraction of sp³-hybridized carbons (Fsp3) is 0.533. The molecule has 3 nitrogen and oxygen atoms in total. The fourth-order valence-electron chi connectivity index (χ4n) is 1.92. The number of rotatable bonds is 8. The summed E-state index contributed by atoms with van der Waals surface area (Å²) < 4.78 is 0. The monoisotopic (exact) mass is 248 g/mol. The highest BCUT2D eigenvalue weighted by molar-refractivity contribution is 5.75. The van der Waals surface area contributed by atoms with Crippen LogP contribution in [0.4, 0.5) is 0 Å². The SMILES string of the molecule is CCCCCCC(=O)NCc1ccccc1CN. The van der Waals surface area contributed by atoms with Crippen molar-refractivity contribution in [2.45, 2.75) is 52.1 Å². The van der Waals surface area contributed by atoms with Crippen LogP contribution in [0.5, 0.6) is 0 Å². The highest BCUT2D eigenvalue weighted by Gasteiger charge is 2.03. The summed E-state index contributed by atoms with van der Waals surface area (Å²) in [6, 6.07) is 7.96. The summed E-state index contributed by atoms with van der Waals surface area (Å²) in [6.07, 6.45) is 5.17. The molecule has 0 radical (unpaired) electrons. The first-order chi connectivity index (χ1) is 8.77. The topological polar surface area (TPSA) is 55.1 Å². The van der Waals surface area contributed by atoms with E-state index in [9.17, 15) is 4.79 Å². The van der Waals surface area contributed by atoms with Gasteiger partial charge in [0.15, 0.2) is 0 Å². The van der Waals surface area contributed by atoms with Crippen molar-refractivity contribution < 1.29 is 4.79 Å². The van der Waals surface area contributed by atoms with E-state index in [2.05, 4.69) is 12.2 Å². The zero-order valence-corrected chi connectivity index (χ0v) is 11.2. The summed E-state index contributed by atoms with van der Waals surface area (Å²) in [4.78, 5) is 11.6. The molecule has 0 heterocycles. The normalized spacial score (nSPS) is 10.3. The van der Waals surface area contributed by atoms with E-state index < -0.39 is 0 Å². The Morgan fingerprint density at radius 2 is 1.89 bits per heavy atom. The predicted molar refractivity (Wildman–Crippen MR) is 74.9 cm³/mol. The Bertz CT molecular complexity index is 363. The molecule has 0 aromatic heterocycles. The summed E-state index contributed by atoms with van der Waals surface area (Å²) >= 11 is 0. The molecule has 1 aromatic carbocycles. The number of carbonyl (C=O) groups is 1. The van der Waals surface area contributed by atoms with Crippen LogP contribution >= 0.6 is 0 Å². The van der Waals surface area contributed by atoms with E-state index in [-0.39, 0.29) is 5.91 Å². The van der Waals surface area contributed by atoms with Crippen LogP contribution in [0, 0.1) is 0 Å². The minimum absolute atomic E-state index is 0.137. The Balaban J connectivity index is 2.29. The van der Waals surface area contributed by atoms with E-state index >= 15 is 0 Å². The number of carbonyl (C=O) groups excluding carboxylic acids is 1. The molecule has 3 N–H and O–H groups in total. The van der Waals surface area contributed by atoms with E-state index in [0.717, 1.165) is 24.0 Å². The van der Waals surface area contributed by atoms with Gasteiger partial charge in [0.1, 0.15) is 0 Å². The number of nitrogens with one attached hydrogen (secondary N) is 1. The predicted octanol–water partition coefficient (Wildman–Crippen LogP) is 2.73. The van der Waals surface area contributed by atoms with Crippen LogP contribution in [0.3, 0.4) is 0 Å². The molecule has 1 amide bonds. The van der Waals surface area contributed by atoms with Crippen molar-refractivity contribution in [2.24, 2.45) is 5.73 Å². The average Bonchev–Trinajstić information content (AvgIpc) is 2.41. The lowest BCUT2D eigenvalue weighted by Gasteiger charge is -2.09. The van der Waals surface area contributed by atoms with Gasteiger partial charge in [-0.05, 0) is 17.5 Å². The zero-order chi connectivity index (χ0) is 13.2. The van der Waals surface area contributed by atoms with Gasteiger partial charge >= 0.3 is 0 Å². The number of benzene rings is 1. The molecule has 0 saturated heterocycles. The van der Waals surface area contributed by atoms with Gasteiger partial charge in [0.2, 0.25) is 5.91 Å². The molecule has 1 aromatic rings. The second-order valence-corrected chi connectivity index (χ2v) is 4.56. The zero-order valence-electron chi connectivity index (χ0n) is 11.2. The summed E-state index contributed by atoms with van der Waals surface area (Å²) in [5.74, 6) is 0.137. The third kappa shape index (κ3) is 5.32. The van der Waals surface area contributed by atoms with Crippen molar-refractivity contribution in [2.75, 3.05) is 0 Å². The molecule has 1 rings (SSSR count). The Morgan fingerprint density at radius 3 is 2.56 bits per heavy atom. The summed E-state index contributed by atoms with van der Waals surface area (Å²) in [5, 5.41) is 2.96. The molecule has 0 aliphatic heterocycles. The molecule has 0 atom stereocenters. The lowest BCUT2D eigenvalue weighted by molar-refractivity contribution is -0.121. The van der Waals surface area contributed by atoms with Gasteiger partial charge in [-0.2, -0.15) is 0 Å². The minimum atomic E-state index is 0.137. The van der Waals surface area contributed by atoms with Crippen LogP contribution in [0.25, 0.3) is 0 Å². The quantitative estimate of drug-likeness (QED) is 0.695. The van der Waals surface area contributed by atoms with Crippen molar-refractivity contribution in [3.05, 3.63) is 35.4 Å². The Hall–Kier alpha value is -1.35. The number of unbranched alkanes of at least 4 members (excludes halogenated alkanes) is 3. The third-order valence-electron chi connectivity index (χ3n) is 3.07. The lowest BCUT2D eigenvalue weighted by atomic mass is 10.1. The molecule has 0 aliphatic carbocycles. The highest BCUT2D eigenvalue weighted by atomic mass is 16.1. The van der Waals surface area contributed by atoms with E-state index in [4.69, 9.17) is 5.73 Å². The lowest BCUT2D eigenvalue weighted by Crippen LogP contribution is -2.23. The largest absolute Gasteiger partial charge is 0.352 e. The Morgan fingerprint density at radius 1 is 1.17 bits per heavy atom. The van der Waals surface area contributed by atoms with Gasteiger partial charge in [-0.15, -0.1) is 0 Å². The molecular formula is C15H24N2O. The van der Waals surface area contributed by atoms with Gasteiger partial charge in [0, 0.05) is 19.5 Å². The third-order valence-corrected chi connectivity index (χ3v) is 3.07. The van der Waals surface area contributed by atoms with E-state index in [1.54, 1.807) is 0 Å². The van der Waals surface area contributed by atoms with E-state index in [0.29, 0.717) is 19.5 Å². The fourth-order valence-corrected chi connectivity index (χ4v) is 1.92.